The molecule has 10 rings (SSSR count). The minimum atomic E-state index is -0.280. The predicted molar refractivity (Wildman–Crippen MR) is 196 cm³/mol. The normalized spacial score (nSPS) is 32.0. The third kappa shape index (κ3) is 6.94. The van der Waals surface area contributed by atoms with Gasteiger partial charge in [0.2, 0.25) is 0 Å². The molecule has 0 saturated carbocycles. The van der Waals surface area contributed by atoms with Crippen molar-refractivity contribution in [3.05, 3.63) is 93.7 Å². The zero-order valence-corrected chi connectivity index (χ0v) is 33.9. The molecule has 256 valence electrons. The van der Waals surface area contributed by atoms with Crippen LogP contribution in [0.1, 0.15) is 74.6 Å². The smallest absolute Gasteiger partial charge is 0.759 e. The molecule has 2 aromatic carbocycles. The Bertz CT molecular complexity index is 1760. The number of nitrogens with two attached hydrogens (primary N) is 2. The molecule has 4 bridgehead atoms. The maximum absolute atomic E-state index is 6.63. The maximum Gasteiger partial charge on any atom is 1.00 e. The molecule has 0 amide bonds. The van der Waals surface area contributed by atoms with Gasteiger partial charge in [-0.3, -0.25) is 4.98 Å². The van der Waals surface area contributed by atoms with Crippen molar-refractivity contribution in [3.8, 4) is 11.5 Å². The molecule has 14 heteroatoms. The summed E-state index contributed by atoms with van der Waals surface area (Å²) in [6.07, 6.45) is 15.5. The Morgan fingerprint density at radius 2 is 1.18 bits per heavy atom. The van der Waals surface area contributed by atoms with E-state index in [1.165, 1.54) is 18.4 Å². The minimum Gasteiger partial charge on any atom is -0.759 e. The molecule has 5 N–H and O–H groups in total. The van der Waals surface area contributed by atoms with Crippen molar-refractivity contribution in [3.63, 3.8) is 0 Å². The quantitative estimate of drug-likeness (QED) is 0.193. The van der Waals surface area contributed by atoms with Gasteiger partial charge in [-0.2, -0.15) is 0 Å². The van der Waals surface area contributed by atoms with Gasteiger partial charge in [0.25, 0.3) is 0 Å². The van der Waals surface area contributed by atoms with Crippen molar-refractivity contribution < 1.29 is 39.0 Å². The van der Waals surface area contributed by atoms with Crippen LogP contribution in [-0.2, 0) is 12.6 Å². The van der Waals surface area contributed by atoms with E-state index in [0.717, 1.165) is 70.6 Å². The van der Waals surface area contributed by atoms with E-state index in [2.05, 4.69) is 80.2 Å². The van der Waals surface area contributed by atoms with Crippen molar-refractivity contribution in [2.75, 3.05) is 4.90 Å². The van der Waals surface area contributed by atoms with Gasteiger partial charge in [-0.25, -0.2) is 15.0 Å². The molecule has 4 fully saturated rings. The third-order valence-electron chi connectivity index (χ3n) is 11.0. The van der Waals surface area contributed by atoms with E-state index in [9.17, 15) is 0 Å². The van der Waals surface area contributed by atoms with Gasteiger partial charge in [-0.15, -0.1) is 0 Å². The fourth-order valence-corrected chi connectivity index (χ4v) is 9.48. The van der Waals surface area contributed by atoms with Crippen LogP contribution in [0, 0.1) is 0 Å². The van der Waals surface area contributed by atoms with Crippen LogP contribution in [0.3, 0.4) is 0 Å². The molecule has 2 spiro atoms. The summed E-state index contributed by atoms with van der Waals surface area (Å²) < 4.78 is 14.2. The zero-order chi connectivity index (χ0) is 33.8. The number of nitrogens with zero attached hydrogens (tertiary/aromatic N) is 5. The molecule has 10 nitrogen and oxygen atoms in total. The van der Waals surface area contributed by atoms with Crippen LogP contribution in [0.2, 0.25) is 0 Å². The number of nitrogens with one attached hydrogen (secondary N) is 1. The first-order valence-corrected chi connectivity index (χ1v) is 18.9. The SMILES string of the molecule is Brc1cnc(Br)cn1.N[C@@H]1c2ccccc2OC12C[C@H]1CC[C@@H](C2)N1.N[C@@H]1c2ccccc2OC12C[C@H]1CC[C@@H](C2)N1c1cnc([S-])cn1.[Na+]. The number of fused-ring (bicyclic) bond motifs is 6. The van der Waals surface area contributed by atoms with E-state index >= 15 is 0 Å². The van der Waals surface area contributed by atoms with Crippen molar-refractivity contribution in [1.29, 1.82) is 0 Å². The van der Waals surface area contributed by atoms with Gasteiger partial charge in [0.1, 0.15) is 37.7 Å². The molecule has 8 heterocycles. The standard InChI is InChI=1S/C18H20N4OS.C14H18N2O.C4H2Br2N2.Na/c19-17-13-3-1-2-4-14(13)23-18(17)7-11-5-6-12(8-18)22(11)15-9-21-16(24)10-20-15;15-13-11-3-1-2-4-12(11)17-14(13)7-9-5-6-10(8-14)16-9;5-3-1-7-4(6)2-8-3;/h1-4,9-12,17H,5-8,19H2,(H,21,24);1-4,9-10,13,16H,5-8,15H2;1-2H;/q;;;+1/p-1/t11-,12+,17-,18?;9-,10+,13-,14?;;/m11../s1. The maximum atomic E-state index is 6.63. The summed E-state index contributed by atoms with van der Waals surface area (Å²) in [6.45, 7) is 0. The second-order valence-corrected chi connectivity index (χ2v) is 16.0. The van der Waals surface area contributed by atoms with E-state index in [-0.39, 0.29) is 52.8 Å². The van der Waals surface area contributed by atoms with Gasteiger partial charge in [0.15, 0.2) is 0 Å². The summed E-state index contributed by atoms with van der Waals surface area (Å²) in [7, 11) is 0. The first-order valence-electron chi connectivity index (χ1n) is 17.0. The summed E-state index contributed by atoms with van der Waals surface area (Å²) in [5.41, 5.74) is 15.0. The Labute approximate surface area is 337 Å². The Hall–Kier alpha value is -1.94. The molecular formula is C36H39Br2N8NaO2S. The van der Waals surface area contributed by atoms with E-state index in [4.69, 9.17) is 33.6 Å². The number of hydrogen-bond acceptors (Lipinski definition) is 11. The minimum absolute atomic E-state index is 0. The molecule has 6 aliphatic rings. The summed E-state index contributed by atoms with van der Waals surface area (Å²) in [4.78, 5) is 18.9. The van der Waals surface area contributed by atoms with Gasteiger partial charge in [-0.1, -0.05) is 41.4 Å². The number of anilines is 1. The summed E-state index contributed by atoms with van der Waals surface area (Å²) in [5, 5.41) is 4.19. The van der Waals surface area contributed by atoms with Crippen LogP contribution in [-0.4, -0.2) is 55.3 Å². The van der Waals surface area contributed by atoms with E-state index in [1.807, 2.05) is 30.3 Å². The van der Waals surface area contributed by atoms with Crippen LogP contribution in [0.4, 0.5) is 5.82 Å². The fourth-order valence-electron chi connectivity index (χ4n) is 8.97. The second-order valence-electron chi connectivity index (χ2n) is 14.0. The fraction of sp³-hybridized carbons (Fsp3) is 0.444. The van der Waals surface area contributed by atoms with Crippen LogP contribution in [0.5, 0.6) is 11.5 Å². The molecule has 50 heavy (non-hydrogen) atoms. The van der Waals surface area contributed by atoms with E-state index in [1.54, 1.807) is 24.8 Å². The molecular weight excluding hydrogens is 791 g/mol. The number of para-hydroxylation sites is 2. The molecule has 0 radical (unpaired) electrons. The summed E-state index contributed by atoms with van der Waals surface area (Å²) in [6, 6.07) is 18.4. The number of ether oxygens (including phenoxy) is 2. The Morgan fingerprint density at radius 3 is 1.64 bits per heavy atom. The Balaban J connectivity index is 0.000000131. The zero-order valence-electron chi connectivity index (χ0n) is 27.9. The number of hydrogen-bond donors (Lipinski definition) is 3. The van der Waals surface area contributed by atoms with Crippen molar-refractivity contribution >= 4 is 50.3 Å². The molecule has 2 aromatic heterocycles. The van der Waals surface area contributed by atoms with Crippen LogP contribution < -0.4 is 60.7 Å². The number of rotatable bonds is 1. The number of piperidine rings is 2. The van der Waals surface area contributed by atoms with Crippen LogP contribution >= 0.6 is 31.9 Å². The van der Waals surface area contributed by atoms with Crippen LogP contribution in [0.25, 0.3) is 0 Å². The number of halogens is 2. The van der Waals surface area contributed by atoms with Gasteiger partial charge in [0, 0.05) is 67.2 Å². The number of benzene rings is 2. The predicted octanol–water partition coefficient (Wildman–Crippen LogP) is 3.08. The van der Waals surface area contributed by atoms with Gasteiger partial charge >= 0.3 is 29.6 Å². The Morgan fingerprint density at radius 1 is 0.680 bits per heavy atom. The number of aromatic nitrogens is 4. The van der Waals surface area contributed by atoms with Gasteiger partial charge in [0.05, 0.1) is 30.7 Å². The molecule has 8 atom stereocenters. The van der Waals surface area contributed by atoms with E-state index < -0.39 is 0 Å². The largest absolute Gasteiger partial charge is 1.00 e. The topological polar surface area (TPSA) is 137 Å². The van der Waals surface area contributed by atoms with Gasteiger partial charge in [-0.05, 0) is 69.7 Å². The van der Waals surface area contributed by atoms with Crippen molar-refractivity contribution in [1.82, 2.24) is 25.3 Å². The molecule has 4 aromatic rings. The first kappa shape index (κ1) is 36.4. The monoisotopic (exact) mass is 828 g/mol. The van der Waals surface area contributed by atoms with Crippen molar-refractivity contribution in [2.45, 2.75) is 104 Å². The third-order valence-corrected chi connectivity index (χ3v) is 12.1. The summed E-state index contributed by atoms with van der Waals surface area (Å²) >= 11 is 11.4. The average Bonchev–Trinajstić information content (AvgIpc) is 3.77. The molecule has 6 aliphatic heterocycles. The molecule has 0 aliphatic carbocycles. The molecule has 4 saturated heterocycles. The Kier molecular flexibility index (Phi) is 10.8. The average molecular weight is 831 g/mol. The molecule has 2 unspecified atom stereocenters. The second kappa shape index (κ2) is 14.8. The van der Waals surface area contributed by atoms with Crippen LogP contribution in [0.15, 0.2) is 87.6 Å². The first-order chi connectivity index (χ1) is 23.7. The van der Waals surface area contributed by atoms with E-state index in [0.29, 0.717) is 29.2 Å². The summed E-state index contributed by atoms with van der Waals surface area (Å²) in [5.74, 6) is 2.88. The van der Waals surface area contributed by atoms with Crippen molar-refractivity contribution in [2.24, 2.45) is 11.5 Å². The van der Waals surface area contributed by atoms with Gasteiger partial charge < -0.3 is 43.8 Å².